The molecule has 0 saturated carbocycles. The van der Waals surface area contributed by atoms with Gasteiger partial charge in [0.1, 0.15) is 23.3 Å². The van der Waals surface area contributed by atoms with Crippen molar-refractivity contribution in [2.75, 3.05) is 0 Å². The summed E-state index contributed by atoms with van der Waals surface area (Å²) in [6, 6.07) is 13.0. The lowest BCUT2D eigenvalue weighted by molar-refractivity contribution is 0.583. The Morgan fingerprint density at radius 1 is 0.500 bits per heavy atom. The Labute approximate surface area is 124 Å². The van der Waals surface area contributed by atoms with Gasteiger partial charge in [0.15, 0.2) is 0 Å². The maximum absolute atomic E-state index is 13.8. The molecule has 0 N–H and O–H groups in total. The van der Waals surface area contributed by atoms with Gasteiger partial charge in [-0.3, -0.25) is 0 Å². The first kappa shape index (κ1) is 14.3. The first-order valence-corrected chi connectivity index (χ1v) is 6.55. The molecule has 3 rings (SSSR count). The average Bonchev–Trinajstić information content (AvgIpc) is 2.46. The van der Waals surface area contributed by atoms with Crippen molar-refractivity contribution in [3.8, 4) is 22.3 Å². The highest BCUT2D eigenvalue weighted by molar-refractivity contribution is 5.73. The lowest BCUT2D eigenvalue weighted by Gasteiger charge is -2.07. The molecule has 0 nitrogen and oxygen atoms in total. The topological polar surface area (TPSA) is 0 Å². The first-order valence-electron chi connectivity index (χ1n) is 6.55. The SMILES string of the molecule is Fc1cc(F)cc(-c2cccc(-c3ccc(F)cc3F)c2)c1. The molecule has 0 amide bonds. The Morgan fingerprint density at radius 3 is 1.86 bits per heavy atom. The van der Waals surface area contributed by atoms with E-state index in [2.05, 4.69) is 0 Å². The summed E-state index contributed by atoms with van der Waals surface area (Å²) in [5.41, 5.74) is 1.61. The lowest BCUT2D eigenvalue weighted by Crippen LogP contribution is -1.88. The maximum atomic E-state index is 13.8. The Morgan fingerprint density at radius 2 is 1.18 bits per heavy atom. The molecule has 110 valence electrons. The third-order valence-electron chi connectivity index (χ3n) is 3.30. The van der Waals surface area contributed by atoms with E-state index in [1.165, 1.54) is 18.2 Å². The molecule has 0 spiro atoms. The van der Waals surface area contributed by atoms with Gasteiger partial charge in [0.05, 0.1) is 0 Å². The molecule has 3 aromatic rings. The highest BCUT2D eigenvalue weighted by atomic mass is 19.1. The van der Waals surface area contributed by atoms with Gasteiger partial charge in [0.25, 0.3) is 0 Å². The molecule has 0 aliphatic carbocycles. The van der Waals surface area contributed by atoms with E-state index < -0.39 is 23.3 Å². The van der Waals surface area contributed by atoms with Crippen LogP contribution in [0.3, 0.4) is 0 Å². The highest BCUT2D eigenvalue weighted by Crippen LogP contribution is 2.29. The van der Waals surface area contributed by atoms with E-state index in [9.17, 15) is 17.6 Å². The van der Waals surface area contributed by atoms with Crippen molar-refractivity contribution in [3.05, 3.63) is 83.9 Å². The highest BCUT2D eigenvalue weighted by Gasteiger charge is 2.09. The fourth-order valence-electron chi connectivity index (χ4n) is 2.31. The van der Waals surface area contributed by atoms with E-state index in [1.54, 1.807) is 24.3 Å². The third kappa shape index (κ3) is 2.86. The number of rotatable bonds is 2. The molecule has 0 atom stereocenters. The molecule has 0 aliphatic rings. The molecular weight excluding hydrogens is 292 g/mol. The van der Waals surface area contributed by atoms with Crippen LogP contribution in [0.15, 0.2) is 60.7 Å². The van der Waals surface area contributed by atoms with Gasteiger partial charge in [0, 0.05) is 17.7 Å². The van der Waals surface area contributed by atoms with Crippen molar-refractivity contribution < 1.29 is 17.6 Å². The van der Waals surface area contributed by atoms with E-state index in [4.69, 9.17) is 0 Å². The monoisotopic (exact) mass is 302 g/mol. The first-order chi connectivity index (χ1) is 10.5. The number of hydrogen-bond donors (Lipinski definition) is 0. The molecule has 3 aromatic carbocycles. The Bertz CT molecular complexity index is 820. The van der Waals surface area contributed by atoms with Crippen molar-refractivity contribution in [2.24, 2.45) is 0 Å². The second-order valence-electron chi connectivity index (χ2n) is 4.86. The lowest BCUT2D eigenvalue weighted by atomic mass is 9.98. The Kier molecular flexibility index (Phi) is 3.67. The minimum absolute atomic E-state index is 0.222. The summed E-state index contributed by atoms with van der Waals surface area (Å²) in [6.07, 6.45) is 0. The molecule has 0 fully saturated rings. The fourth-order valence-corrected chi connectivity index (χ4v) is 2.31. The zero-order valence-electron chi connectivity index (χ0n) is 11.3. The van der Waals surface area contributed by atoms with Crippen molar-refractivity contribution in [1.29, 1.82) is 0 Å². The predicted molar refractivity (Wildman–Crippen MR) is 77.1 cm³/mol. The van der Waals surface area contributed by atoms with Crippen LogP contribution in [0.1, 0.15) is 0 Å². The average molecular weight is 302 g/mol. The van der Waals surface area contributed by atoms with E-state index >= 15 is 0 Å². The van der Waals surface area contributed by atoms with Gasteiger partial charge in [-0.25, -0.2) is 17.6 Å². The van der Waals surface area contributed by atoms with Crippen LogP contribution in [0.2, 0.25) is 0 Å². The van der Waals surface area contributed by atoms with Gasteiger partial charge in [-0.1, -0.05) is 18.2 Å². The van der Waals surface area contributed by atoms with Crippen LogP contribution in [0.4, 0.5) is 17.6 Å². The molecule has 0 heterocycles. The molecule has 0 unspecified atom stereocenters. The van der Waals surface area contributed by atoms with Gasteiger partial charge in [-0.05, 0) is 47.0 Å². The van der Waals surface area contributed by atoms with Crippen LogP contribution in [0.5, 0.6) is 0 Å². The molecule has 22 heavy (non-hydrogen) atoms. The van der Waals surface area contributed by atoms with Crippen LogP contribution in [-0.2, 0) is 0 Å². The minimum Gasteiger partial charge on any atom is -0.207 e. The summed E-state index contributed by atoms with van der Waals surface area (Å²) in [5, 5.41) is 0. The Balaban J connectivity index is 2.09. The summed E-state index contributed by atoms with van der Waals surface area (Å²) in [5.74, 6) is -2.73. The predicted octanol–water partition coefficient (Wildman–Crippen LogP) is 5.58. The van der Waals surface area contributed by atoms with Crippen LogP contribution in [0.25, 0.3) is 22.3 Å². The van der Waals surface area contributed by atoms with Crippen LogP contribution in [0, 0.1) is 23.3 Å². The summed E-state index contributed by atoms with van der Waals surface area (Å²) >= 11 is 0. The number of halogens is 4. The second kappa shape index (κ2) is 5.64. The summed E-state index contributed by atoms with van der Waals surface area (Å²) < 4.78 is 53.4. The van der Waals surface area contributed by atoms with Crippen LogP contribution < -0.4 is 0 Å². The quantitative estimate of drug-likeness (QED) is 0.542. The minimum atomic E-state index is -0.692. The van der Waals surface area contributed by atoms with Gasteiger partial charge in [-0.15, -0.1) is 0 Å². The van der Waals surface area contributed by atoms with E-state index in [0.717, 1.165) is 18.2 Å². The zero-order chi connectivity index (χ0) is 15.7. The zero-order valence-corrected chi connectivity index (χ0v) is 11.3. The molecule has 0 bridgehead atoms. The van der Waals surface area contributed by atoms with E-state index in [0.29, 0.717) is 16.7 Å². The maximum Gasteiger partial charge on any atom is 0.133 e. The Hall–Kier alpha value is -2.62. The molecule has 0 saturated heterocycles. The summed E-state index contributed by atoms with van der Waals surface area (Å²) in [4.78, 5) is 0. The molecule has 0 aliphatic heterocycles. The normalized spacial score (nSPS) is 10.7. The van der Waals surface area contributed by atoms with Crippen molar-refractivity contribution in [2.45, 2.75) is 0 Å². The molecule has 4 heteroatoms. The second-order valence-corrected chi connectivity index (χ2v) is 4.86. The van der Waals surface area contributed by atoms with E-state index in [-0.39, 0.29) is 5.56 Å². The largest absolute Gasteiger partial charge is 0.207 e. The van der Waals surface area contributed by atoms with Gasteiger partial charge in [0.2, 0.25) is 0 Å². The molecular formula is C18H10F4. The molecule has 0 aromatic heterocycles. The van der Waals surface area contributed by atoms with Crippen molar-refractivity contribution >= 4 is 0 Å². The third-order valence-corrected chi connectivity index (χ3v) is 3.30. The van der Waals surface area contributed by atoms with Gasteiger partial charge < -0.3 is 0 Å². The van der Waals surface area contributed by atoms with Gasteiger partial charge >= 0.3 is 0 Å². The fraction of sp³-hybridized carbons (Fsp3) is 0. The van der Waals surface area contributed by atoms with Crippen LogP contribution >= 0.6 is 0 Å². The summed E-state index contributed by atoms with van der Waals surface area (Å²) in [7, 11) is 0. The summed E-state index contributed by atoms with van der Waals surface area (Å²) in [6.45, 7) is 0. The van der Waals surface area contributed by atoms with Crippen LogP contribution in [-0.4, -0.2) is 0 Å². The van der Waals surface area contributed by atoms with Crippen molar-refractivity contribution in [1.82, 2.24) is 0 Å². The number of benzene rings is 3. The number of hydrogen-bond acceptors (Lipinski definition) is 0. The smallest absolute Gasteiger partial charge is 0.133 e. The van der Waals surface area contributed by atoms with E-state index in [1.807, 2.05) is 0 Å². The van der Waals surface area contributed by atoms with Crippen molar-refractivity contribution in [3.63, 3.8) is 0 Å². The van der Waals surface area contributed by atoms with Gasteiger partial charge in [-0.2, -0.15) is 0 Å². The standard InChI is InChI=1S/C18H10F4/c19-14-4-5-17(18(22)10-14)12-3-1-2-11(6-12)13-7-15(20)9-16(21)8-13/h1-10H. The molecule has 0 radical (unpaired) electrons.